The first-order valence-corrected chi connectivity index (χ1v) is 7.14. The highest BCUT2D eigenvalue weighted by molar-refractivity contribution is 6.30. The van der Waals surface area contributed by atoms with Gasteiger partial charge in [-0.15, -0.1) is 0 Å². The van der Waals surface area contributed by atoms with Crippen LogP contribution < -0.4 is 10.1 Å². The monoisotopic (exact) mass is 303 g/mol. The number of benzene rings is 2. The summed E-state index contributed by atoms with van der Waals surface area (Å²) in [6.45, 7) is 5.65. The topological polar surface area (TPSA) is 38.3 Å². The van der Waals surface area contributed by atoms with Crippen LogP contribution >= 0.6 is 11.6 Å². The molecule has 0 aliphatic heterocycles. The fourth-order valence-corrected chi connectivity index (χ4v) is 2.08. The molecule has 0 aliphatic rings. The van der Waals surface area contributed by atoms with Crippen molar-refractivity contribution in [1.82, 2.24) is 0 Å². The molecule has 2 aromatic rings. The van der Waals surface area contributed by atoms with Gasteiger partial charge in [-0.25, -0.2) is 0 Å². The number of hydrogen-bond donors (Lipinski definition) is 1. The van der Waals surface area contributed by atoms with Gasteiger partial charge >= 0.3 is 0 Å². The average Bonchev–Trinajstić information content (AvgIpc) is 2.43. The number of nitrogens with one attached hydrogen (secondary N) is 1. The van der Waals surface area contributed by atoms with Gasteiger partial charge in [0.1, 0.15) is 5.75 Å². The van der Waals surface area contributed by atoms with Gasteiger partial charge in [-0.2, -0.15) is 0 Å². The molecule has 0 saturated carbocycles. The largest absolute Gasteiger partial charge is 0.481 e. The van der Waals surface area contributed by atoms with E-state index in [0.29, 0.717) is 10.8 Å². The van der Waals surface area contributed by atoms with Crippen molar-refractivity contribution < 1.29 is 9.53 Å². The first-order valence-electron chi connectivity index (χ1n) is 6.76. The molecule has 0 radical (unpaired) electrons. The van der Waals surface area contributed by atoms with Gasteiger partial charge in [0.2, 0.25) is 0 Å². The zero-order chi connectivity index (χ0) is 15.4. The third-order valence-corrected chi connectivity index (χ3v) is 3.36. The van der Waals surface area contributed by atoms with Crippen LogP contribution in [0.2, 0.25) is 5.02 Å². The van der Waals surface area contributed by atoms with Crippen molar-refractivity contribution in [1.29, 1.82) is 0 Å². The summed E-state index contributed by atoms with van der Waals surface area (Å²) >= 11 is 5.90. The molecule has 2 rings (SSSR count). The van der Waals surface area contributed by atoms with Gasteiger partial charge in [-0.1, -0.05) is 29.8 Å². The van der Waals surface area contributed by atoms with Crippen LogP contribution in [0.3, 0.4) is 0 Å². The molecule has 1 amide bonds. The van der Waals surface area contributed by atoms with Crippen molar-refractivity contribution in [2.24, 2.45) is 0 Å². The molecule has 4 heteroatoms. The quantitative estimate of drug-likeness (QED) is 0.911. The molecule has 1 atom stereocenters. The number of hydrogen-bond acceptors (Lipinski definition) is 2. The second-order valence-electron chi connectivity index (χ2n) is 5.03. The predicted molar refractivity (Wildman–Crippen MR) is 86.1 cm³/mol. The highest BCUT2D eigenvalue weighted by atomic mass is 35.5. The van der Waals surface area contributed by atoms with Crippen LogP contribution in [0.5, 0.6) is 5.75 Å². The van der Waals surface area contributed by atoms with E-state index in [4.69, 9.17) is 16.3 Å². The summed E-state index contributed by atoms with van der Waals surface area (Å²) in [5, 5.41) is 3.47. The lowest BCUT2D eigenvalue weighted by Crippen LogP contribution is -2.30. The van der Waals surface area contributed by atoms with E-state index in [2.05, 4.69) is 5.32 Å². The van der Waals surface area contributed by atoms with E-state index in [1.165, 1.54) is 0 Å². The Morgan fingerprint density at radius 2 is 1.95 bits per heavy atom. The van der Waals surface area contributed by atoms with Crippen LogP contribution in [-0.4, -0.2) is 12.0 Å². The molecule has 0 aromatic heterocycles. The Kier molecular flexibility index (Phi) is 4.86. The van der Waals surface area contributed by atoms with E-state index < -0.39 is 6.10 Å². The first-order chi connectivity index (χ1) is 9.95. The van der Waals surface area contributed by atoms with Gasteiger partial charge < -0.3 is 10.1 Å². The van der Waals surface area contributed by atoms with Gasteiger partial charge in [0.05, 0.1) is 0 Å². The Labute approximate surface area is 129 Å². The third-order valence-electron chi connectivity index (χ3n) is 3.13. The van der Waals surface area contributed by atoms with Gasteiger partial charge in [0, 0.05) is 10.7 Å². The van der Waals surface area contributed by atoms with Crippen molar-refractivity contribution in [3.8, 4) is 5.75 Å². The van der Waals surface area contributed by atoms with Crippen LogP contribution in [0.15, 0.2) is 42.5 Å². The lowest BCUT2D eigenvalue weighted by atomic mass is 10.1. The van der Waals surface area contributed by atoms with E-state index in [1.807, 2.05) is 32.0 Å². The van der Waals surface area contributed by atoms with Gasteiger partial charge in [-0.05, 0) is 56.2 Å². The number of amides is 1. The molecule has 0 bridgehead atoms. The maximum Gasteiger partial charge on any atom is 0.265 e. The Hall–Kier alpha value is -2.00. The molecule has 3 nitrogen and oxygen atoms in total. The number of halogens is 1. The van der Waals surface area contributed by atoms with Crippen LogP contribution in [0.1, 0.15) is 18.1 Å². The number of carbonyl (C=O) groups excluding carboxylic acids is 1. The Morgan fingerprint density at radius 1 is 1.19 bits per heavy atom. The van der Waals surface area contributed by atoms with Crippen molar-refractivity contribution >= 4 is 23.2 Å². The Bertz CT molecular complexity index is 655. The van der Waals surface area contributed by atoms with Gasteiger partial charge in [-0.3, -0.25) is 4.79 Å². The lowest BCUT2D eigenvalue weighted by Gasteiger charge is -2.16. The minimum atomic E-state index is -0.608. The molecule has 2 aromatic carbocycles. The number of anilines is 1. The predicted octanol–water partition coefficient (Wildman–Crippen LogP) is 4.36. The highest BCUT2D eigenvalue weighted by Crippen LogP contribution is 2.20. The maximum absolute atomic E-state index is 12.2. The van der Waals surface area contributed by atoms with Crippen molar-refractivity contribution in [3.63, 3.8) is 0 Å². The van der Waals surface area contributed by atoms with Crippen LogP contribution in [0.25, 0.3) is 0 Å². The summed E-state index contributed by atoms with van der Waals surface area (Å²) in [5.74, 6) is 0.384. The fraction of sp³-hybridized carbons (Fsp3) is 0.235. The molecular weight excluding hydrogens is 286 g/mol. The number of ether oxygens (including phenoxy) is 1. The average molecular weight is 304 g/mol. The van der Waals surface area contributed by atoms with E-state index in [-0.39, 0.29) is 5.91 Å². The van der Waals surface area contributed by atoms with E-state index >= 15 is 0 Å². The van der Waals surface area contributed by atoms with E-state index in [0.717, 1.165) is 16.8 Å². The summed E-state index contributed by atoms with van der Waals surface area (Å²) < 4.78 is 5.60. The second kappa shape index (κ2) is 6.64. The van der Waals surface area contributed by atoms with Gasteiger partial charge in [0.15, 0.2) is 6.10 Å². The molecule has 0 aliphatic carbocycles. The first kappa shape index (κ1) is 15.4. The minimum absolute atomic E-state index is 0.191. The van der Waals surface area contributed by atoms with Crippen LogP contribution in [-0.2, 0) is 4.79 Å². The molecule has 21 heavy (non-hydrogen) atoms. The number of carbonyl (C=O) groups is 1. The van der Waals surface area contributed by atoms with Crippen LogP contribution in [0, 0.1) is 13.8 Å². The zero-order valence-electron chi connectivity index (χ0n) is 12.3. The smallest absolute Gasteiger partial charge is 0.265 e. The third kappa shape index (κ3) is 4.23. The normalized spacial score (nSPS) is 11.8. The molecule has 0 unspecified atom stereocenters. The molecule has 0 saturated heterocycles. The summed E-state index contributed by atoms with van der Waals surface area (Å²) in [7, 11) is 0. The lowest BCUT2D eigenvalue weighted by molar-refractivity contribution is -0.122. The van der Waals surface area contributed by atoms with Crippen molar-refractivity contribution in [2.45, 2.75) is 26.9 Å². The molecule has 0 heterocycles. The maximum atomic E-state index is 12.2. The van der Waals surface area contributed by atoms with Gasteiger partial charge in [0.25, 0.3) is 5.91 Å². The van der Waals surface area contributed by atoms with E-state index in [9.17, 15) is 4.79 Å². The zero-order valence-corrected chi connectivity index (χ0v) is 13.1. The summed E-state index contributed by atoms with van der Waals surface area (Å²) in [6.07, 6.45) is -0.608. The molecule has 0 spiro atoms. The summed E-state index contributed by atoms with van der Waals surface area (Å²) in [4.78, 5) is 12.2. The van der Waals surface area contributed by atoms with Crippen LogP contribution in [0.4, 0.5) is 5.69 Å². The van der Waals surface area contributed by atoms with E-state index in [1.54, 1.807) is 31.2 Å². The molecule has 110 valence electrons. The summed E-state index contributed by atoms with van der Waals surface area (Å²) in [6, 6.07) is 12.9. The SMILES string of the molecule is Cc1ccc(C)c(NC(=O)[C@H](C)Oc2cccc(Cl)c2)c1. The molecular formula is C17H18ClNO2. The van der Waals surface area contributed by atoms with Crippen molar-refractivity contribution in [2.75, 3.05) is 5.32 Å². The fourth-order valence-electron chi connectivity index (χ4n) is 1.90. The van der Waals surface area contributed by atoms with Crippen molar-refractivity contribution in [3.05, 3.63) is 58.6 Å². The Balaban J connectivity index is 2.04. The molecule has 1 N–H and O–H groups in total. The second-order valence-corrected chi connectivity index (χ2v) is 5.46. The minimum Gasteiger partial charge on any atom is -0.481 e. The number of rotatable bonds is 4. The molecule has 0 fully saturated rings. The standard InChI is InChI=1S/C17H18ClNO2/c1-11-7-8-12(2)16(9-11)19-17(20)13(3)21-15-6-4-5-14(18)10-15/h4-10,13H,1-3H3,(H,19,20)/t13-/m0/s1. The highest BCUT2D eigenvalue weighted by Gasteiger charge is 2.15. The Morgan fingerprint density at radius 3 is 2.67 bits per heavy atom. The number of aryl methyl sites for hydroxylation is 2. The summed E-state index contributed by atoms with van der Waals surface area (Å²) in [5.41, 5.74) is 2.92.